The second-order valence-corrected chi connectivity index (χ2v) is 6.49. The summed E-state index contributed by atoms with van der Waals surface area (Å²) < 4.78 is 0. The molecule has 0 atom stereocenters. The first-order chi connectivity index (χ1) is 13.6. The molecule has 2 heterocycles. The van der Waals surface area contributed by atoms with Crippen molar-refractivity contribution >= 4 is 41.9 Å². The summed E-state index contributed by atoms with van der Waals surface area (Å²) in [7, 11) is 0. The van der Waals surface area contributed by atoms with Crippen LogP contribution < -0.4 is 16.1 Å². The van der Waals surface area contributed by atoms with E-state index in [0.717, 1.165) is 29.9 Å². The number of aromatic nitrogens is 1. The number of nitrogens with one attached hydrogen (secondary N) is 3. The number of likely N-dealkylation sites (tertiary alicyclic amines) is 1. The predicted molar refractivity (Wildman–Crippen MR) is 114 cm³/mol. The summed E-state index contributed by atoms with van der Waals surface area (Å²) >= 11 is 0. The number of amides is 3. The van der Waals surface area contributed by atoms with Gasteiger partial charge >= 0.3 is 6.03 Å². The van der Waals surface area contributed by atoms with E-state index in [1.54, 1.807) is 12.3 Å². The number of para-hydroxylation sites is 1. The molecule has 3 amide bonds. The quantitative estimate of drug-likeness (QED) is 0.339. The van der Waals surface area contributed by atoms with Gasteiger partial charge in [-0.1, -0.05) is 18.2 Å². The van der Waals surface area contributed by atoms with Gasteiger partial charge in [0.15, 0.2) is 0 Å². The van der Waals surface area contributed by atoms with E-state index >= 15 is 0 Å². The Hall–Kier alpha value is -3.10. The molecule has 0 aliphatic carbocycles. The third-order valence-electron chi connectivity index (χ3n) is 4.48. The normalized spacial score (nSPS) is 14.2. The predicted octanol–water partition coefficient (Wildman–Crippen LogP) is 3.13. The van der Waals surface area contributed by atoms with Crippen LogP contribution in [0.15, 0.2) is 54.7 Å². The number of urea groups is 1. The minimum absolute atomic E-state index is 0. The van der Waals surface area contributed by atoms with Gasteiger partial charge in [-0.2, -0.15) is 0 Å². The van der Waals surface area contributed by atoms with Gasteiger partial charge in [0, 0.05) is 37.1 Å². The van der Waals surface area contributed by atoms with Crippen LogP contribution in [0.1, 0.15) is 18.4 Å². The lowest BCUT2D eigenvalue weighted by atomic mass is 10.1. The number of hydrogen-bond donors (Lipinski definition) is 4. The SMILES string of the molecule is Cl.O=C(/C=C/c1ccc(NC2CCN(C(=O)Nc3ccccc3)CC2)nc1)NO. The van der Waals surface area contributed by atoms with Gasteiger partial charge in [-0.3, -0.25) is 10.0 Å². The standard InChI is InChI=1S/C20H23N5O3.ClH/c26-19(24-28)9-7-15-6-8-18(21-14-15)22-17-10-12-25(13-11-17)20(27)23-16-4-2-1-3-5-16;/h1-9,14,17,28H,10-13H2,(H,21,22)(H,23,27)(H,24,26);1H/b9-7+;. The van der Waals surface area contributed by atoms with Crippen molar-refractivity contribution in [3.8, 4) is 0 Å². The number of piperidine rings is 1. The zero-order valence-corrected chi connectivity index (χ0v) is 16.6. The van der Waals surface area contributed by atoms with Crippen LogP contribution in [-0.2, 0) is 4.79 Å². The summed E-state index contributed by atoms with van der Waals surface area (Å²) in [5.74, 6) is 0.154. The fraction of sp³-hybridized carbons (Fsp3) is 0.250. The Morgan fingerprint density at radius 2 is 1.83 bits per heavy atom. The summed E-state index contributed by atoms with van der Waals surface area (Å²) in [5.41, 5.74) is 3.08. The Morgan fingerprint density at radius 3 is 2.45 bits per heavy atom. The van der Waals surface area contributed by atoms with Crippen molar-refractivity contribution in [2.24, 2.45) is 0 Å². The highest BCUT2D eigenvalue weighted by Crippen LogP contribution is 2.17. The number of carbonyl (C=O) groups is 2. The second kappa shape index (κ2) is 11.0. The summed E-state index contributed by atoms with van der Waals surface area (Å²) in [4.78, 5) is 29.5. The molecule has 1 fully saturated rings. The Morgan fingerprint density at radius 1 is 1.10 bits per heavy atom. The van der Waals surface area contributed by atoms with Gasteiger partial charge in [0.05, 0.1) is 0 Å². The summed E-state index contributed by atoms with van der Waals surface area (Å²) in [6.07, 6.45) is 6.10. The van der Waals surface area contributed by atoms with Crippen molar-refractivity contribution < 1.29 is 14.8 Å². The highest BCUT2D eigenvalue weighted by Gasteiger charge is 2.22. The Balaban J connectivity index is 0.00000300. The Bertz CT molecular complexity index is 822. The van der Waals surface area contributed by atoms with Crippen molar-refractivity contribution in [1.29, 1.82) is 0 Å². The Kier molecular flexibility index (Phi) is 8.45. The molecule has 2 aromatic rings. The van der Waals surface area contributed by atoms with Gasteiger partial charge in [0.2, 0.25) is 0 Å². The van der Waals surface area contributed by atoms with Crippen LogP contribution >= 0.6 is 12.4 Å². The summed E-state index contributed by atoms with van der Waals surface area (Å²) in [6.45, 7) is 1.35. The van der Waals surface area contributed by atoms with E-state index in [0.29, 0.717) is 13.1 Å². The third-order valence-corrected chi connectivity index (χ3v) is 4.48. The van der Waals surface area contributed by atoms with Crippen LogP contribution in [0.4, 0.5) is 16.3 Å². The molecule has 0 radical (unpaired) electrons. The number of carbonyl (C=O) groups excluding carboxylic acids is 2. The number of hydrogen-bond acceptors (Lipinski definition) is 5. The van der Waals surface area contributed by atoms with Crippen molar-refractivity contribution in [3.05, 3.63) is 60.3 Å². The molecule has 0 spiro atoms. The minimum atomic E-state index is -0.592. The molecule has 0 unspecified atom stereocenters. The number of nitrogens with zero attached hydrogens (tertiary/aromatic N) is 2. The van der Waals surface area contributed by atoms with E-state index < -0.39 is 5.91 Å². The molecule has 4 N–H and O–H groups in total. The van der Waals surface area contributed by atoms with E-state index in [-0.39, 0.29) is 24.5 Å². The van der Waals surface area contributed by atoms with E-state index in [2.05, 4.69) is 15.6 Å². The maximum Gasteiger partial charge on any atom is 0.321 e. The van der Waals surface area contributed by atoms with E-state index in [4.69, 9.17) is 5.21 Å². The Labute approximate surface area is 175 Å². The summed E-state index contributed by atoms with van der Waals surface area (Å²) in [6, 6.07) is 13.3. The zero-order valence-electron chi connectivity index (χ0n) is 15.7. The van der Waals surface area contributed by atoms with Crippen LogP contribution in [0, 0.1) is 0 Å². The first kappa shape index (κ1) is 22.2. The molecule has 1 aliphatic heterocycles. The number of benzene rings is 1. The van der Waals surface area contributed by atoms with Gasteiger partial charge < -0.3 is 15.5 Å². The van der Waals surface area contributed by atoms with Gasteiger partial charge in [0.25, 0.3) is 5.91 Å². The van der Waals surface area contributed by atoms with E-state index in [1.807, 2.05) is 47.4 Å². The first-order valence-electron chi connectivity index (χ1n) is 9.10. The molecule has 154 valence electrons. The lowest BCUT2D eigenvalue weighted by molar-refractivity contribution is -0.124. The molecular weight excluding hydrogens is 394 g/mol. The molecule has 1 aliphatic rings. The van der Waals surface area contributed by atoms with Gasteiger partial charge in [-0.15, -0.1) is 12.4 Å². The molecule has 3 rings (SSSR count). The highest BCUT2D eigenvalue weighted by atomic mass is 35.5. The lowest BCUT2D eigenvalue weighted by Crippen LogP contribution is -2.44. The lowest BCUT2D eigenvalue weighted by Gasteiger charge is -2.32. The van der Waals surface area contributed by atoms with Gasteiger partial charge in [-0.05, 0) is 48.7 Å². The zero-order chi connectivity index (χ0) is 19.8. The van der Waals surface area contributed by atoms with Gasteiger partial charge in [-0.25, -0.2) is 15.3 Å². The molecule has 1 saturated heterocycles. The monoisotopic (exact) mass is 417 g/mol. The average Bonchev–Trinajstić information content (AvgIpc) is 2.74. The van der Waals surface area contributed by atoms with E-state index in [1.165, 1.54) is 11.6 Å². The number of anilines is 2. The maximum atomic E-state index is 12.3. The van der Waals surface area contributed by atoms with Crippen molar-refractivity contribution in [3.63, 3.8) is 0 Å². The van der Waals surface area contributed by atoms with Crippen molar-refractivity contribution in [2.75, 3.05) is 23.7 Å². The molecule has 29 heavy (non-hydrogen) atoms. The average molecular weight is 418 g/mol. The number of rotatable bonds is 5. The number of hydroxylamine groups is 1. The first-order valence-corrected chi connectivity index (χ1v) is 9.10. The fourth-order valence-corrected chi connectivity index (χ4v) is 2.96. The minimum Gasteiger partial charge on any atom is -0.367 e. The largest absolute Gasteiger partial charge is 0.367 e. The number of halogens is 1. The summed E-state index contributed by atoms with van der Waals surface area (Å²) in [5, 5.41) is 14.8. The van der Waals surface area contributed by atoms with Crippen LogP contribution in [-0.4, -0.2) is 46.2 Å². The smallest absolute Gasteiger partial charge is 0.321 e. The molecular formula is C20H24ClN5O3. The molecule has 9 heteroatoms. The molecule has 8 nitrogen and oxygen atoms in total. The second-order valence-electron chi connectivity index (χ2n) is 6.49. The van der Waals surface area contributed by atoms with E-state index in [9.17, 15) is 9.59 Å². The third kappa shape index (κ3) is 6.78. The van der Waals surface area contributed by atoms with Gasteiger partial charge in [0.1, 0.15) is 5.82 Å². The maximum absolute atomic E-state index is 12.3. The van der Waals surface area contributed by atoms with Crippen LogP contribution in [0.2, 0.25) is 0 Å². The van der Waals surface area contributed by atoms with Crippen LogP contribution in [0.25, 0.3) is 6.08 Å². The molecule has 1 aromatic carbocycles. The number of pyridine rings is 1. The molecule has 0 saturated carbocycles. The highest BCUT2D eigenvalue weighted by molar-refractivity contribution is 5.90. The van der Waals surface area contributed by atoms with Crippen LogP contribution in [0.5, 0.6) is 0 Å². The fourth-order valence-electron chi connectivity index (χ4n) is 2.96. The topological polar surface area (TPSA) is 107 Å². The van der Waals surface area contributed by atoms with Crippen molar-refractivity contribution in [2.45, 2.75) is 18.9 Å². The van der Waals surface area contributed by atoms with Crippen molar-refractivity contribution in [1.82, 2.24) is 15.4 Å². The molecule has 0 bridgehead atoms. The molecule has 1 aromatic heterocycles. The van der Waals surface area contributed by atoms with Crippen LogP contribution in [0.3, 0.4) is 0 Å².